The van der Waals surface area contributed by atoms with Crippen LogP contribution in [0.15, 0.2) is 6.07 Å². The molecule has 2 heterocycles. The molecule has 5 heteroatoms. The monoisotopic (exact) mass is 266 g/mol. The molecule has 1 fully saturated rings. The fourth-order valence-electron chi connectivity index (χ4n) is 2.27. The third-order valence-electron chi connectivity index (χ3n) is 3.12. The van der Waals surface area contributed by atoms with E-state index in [9.17, 15) is 9.90 Å². The second kappa shape index (κ2) is 5.61. The zero-order chi connectivity index (χ0) is 13.1. The van der Waals surface area contributed by atoms with Crippen molar-refractivity contribution in [2.75, 3.05) is 16.8 Å². The molecule has 0 spiro atoms. The lowest BCUT2D eigenvalue weighted by atomic mass is 10.1. The Morgan fingerprint density at radius 2 is 2.11 bits per heavy atom. The molecule has 1 aliphatic heterocycles. The summed E-state index contributed by atoms with van der Waals surface area (Å²) in [4.78, 5) is 15.5. The fourth-order valence-corrected chi connectivity index (χ4v) is 3.38. The van der Waals surface area contributed by atoms with Crippen molar-refractivity contribution in [1.29, 1.82) is 0 Å². The van der Waals surface area contributed by atoms with Crippen LogP contribution in [0.5, 0.6) is 0 Å². The van der Waals surface area contributed by atoms with Gasteiger partial charge in [0.15, 0.2) is 0 Å². The largest absolute Gasteiger partial charge is 0.478 e. The Morgan fingerprint density at radius 1 is 1.44 bits per heavy atom. The number of hydrogen-bond donors (Lipinski definition) is 2. The van der Waals surface area contributed by atoms with E-state index in [1.54, 1.807) is 6.92 Å². The van der Waals surface area contributed by atoms with E-state index >= 15 is 0 Å². The number of thioether (sulfide) groups is 1. The van der Waals surface area contributed by atoms with Gasteiger partial charge in [-0.2, -0.15) is 11.8 Å². The minimum Gasteiger partial charge on any atom is -0.478 e. The van der Waals surface area contributed by atoms with E-state index in [1.165, 1.54) is 0 Å². The van der Waals surface area contributed by atoms with Crippen molar-refractivity contribution in [3.63, 3.8) is 0 Å². The van der Waals surface area contributed by atoms with Gasteiger partial charge in [0.2, 0.25) is 0 Å². The Morgan fingerprint density at radius 3 is 2.72 bits per heavy atom. The van der Waals surface area contributed by atoms with Gasteiger partial charge in [-0.25, -0.2) is 4.79 Å². The molecular weight excluding hydrogens is 248 g/mol. The van der Waals surface area contributed by atoms with Gasteiger partial charge in [0.05, 0.1) is 11.4 Å². The highest BCUT2D eigenvalue weighted by Crippen LogP contribution is 2.25. The highest BCUT2D eigenvalue weighted by atomic mass is 32.2. The molecule has 0 aromatic carbocycles. The number of carboxylic acids is 1. The Balaban J connectivity index is 2.27. The number of nitrogens with zero attached hydrogens (tertiary/aromatic N) is 1. The van der Waals surface area contributed by atoms with Crippen LogP contribution >= 0.6 is 11.8 Å². The number of aryl methyl sites for hydroxylation is 2. The van der Waals surface area contributed by atoms with Crippen LogP contribution in [0.1, 0.15) is 34.6 Å². The van der Waals surface area contributed by atoms with Crippen LogP contribution in [0.4, 0.5) is 5.69 Å². The van der Waals surface area contributed by atoms with Crippen molar-refractivity contribution < 1.29 is 9.90 Å². The molecule has 1 aliphatic rings. The summed E-state index contributed by atoms with van der Waals surface area (Å²) >= 11 is 1.96. The zero-order valence-corrected chi connectivity index (χ0v) is 11.5. The third kappa shape index (κ3) is 2.96. The van der Waals surface area contributed by atoms with E-state index in [-0.39, 0.29) is 0 Å². The number of pyridine rings is 1. The summed E-state index contributed by atoms with van der Waals surface area (Å²) < 4.78 is 0. The van der Waals surface area contributed by atoms with Crippen LogP contribution in [-0.2, 0) is 0 Å². The number of hydrogen-bond acceptors (Lipinski definition) is 4. The minimum absolute atomic E-state index is 0.304. The SMILES string of the molecule is Cc1cc(NC2CCSCC2)c(C(=O)O)c(C)n1. The molecule has 0 amide bonds. The van der Waals surface area contributed by atoms with Crippen molar-refractivity contribution >= 4 is 23.4 Å². The zero-order valence-electron chi connectivity index (χ0n) is 10.7. The lowest BCUT2D eigenvalue weighted by molar-refractivity contribution is 0.0696. The van der Waals surface area contributed by atoms with E-state index in [0.29, 0.717) is 23.0 Å². The Labute approximate surface area is 111 Å². The number of aromatic nitrogens is 1. The summed E-state index contributed by atoms with van der Waals surface area (Å²) in [5.41, 5.74) is 2.45. The normalized spacial score (nSPS) is 16.6. The van der Waals surface area contributed by atoms with Crippen LogP contribution in [0.3, 0.4) is 0 Å². The van der Waals surface area contributed by atoms with Crippen LogP contribution in [0.2, 0.25) is 0 Å². The molecule has 0 saturated carbocycles. The van der Waals surface area contributed by atoms with E-state index in [1.807, 2.05) is 24.8 Å². The molecule has 4 nitrogen and oxygen atoms in total. The standard InChI is InChI=1S/C13H18N2O2S/c1-8-7-11(12(13(16)17)9(2)14-8)15-10-3-5-18-6-4-10/h7,10H,3-6H2,1-2H3,(H,14,15)(H,16,17). The summed E-state index contributed by atoms with van der Waals surface area (Å²) in [7, 11) is 0. The maximum Gasteiger partial charge on any atom is 0.339 e. The molecule has 0 aliphatic carbocycles. The molecule has 2 rings (SSSR count). The molecule has 1 aromatic heterocycles. The van der Waals surface area contributed by atoms with Gasteiger partial charge in [-0.15, -0.1) is 0 Å². The first-order chi connectivity index (χ1) is 8.58. The van der Waals surface area contributed by atoms with E-state index < -0.39 is 5.97 Å². The maximum absolute atomic E-state index is 11.3. The topological polar surface area (TPSA) is 62.2 Å². The molecule has 1 saturated heterocycles. The lowest BCUT2D eigenvalue weighted by Crippen LogP contribution is -2.26. The van der Waals surface area contributed by atoms with Gasteiger partial charge in [0.1, 0.15) is 5.56 Å². The van der Waals surface area contributed by atoms with Gasteiger partial charge in [0, 0.05) is 11.7 Å². The van der Waals surface area contributed by atoms with Crippen LogP contribution in [0, 0.1) is 13.8 Å². The molecule has 2 N–H and O–H groups in total. The first kappa shape index (κ1) is 13.2. The second-order valence-electron chi connectivity index (χ2n) is 4.61. The van der Waals surface area contributed by atoms with Crippen LogP contribution < -0.4 is 5.32 Å². The summed E-state index contributed by atoms with van der Waals surface area (Å²) in [6.45, 7) is 3.64. The molecule has 0 unspecified atom stereocenters. The van der Waals surface area contributed by atoms with Crippen molar-refractivity contribution in [1.82, 2.24) is 4.98 Å². The van der Waals surface area contributed by atoms with Gasteiger partial charge in [0.25, 0.3) is 0 Å². The van der Waals surface area contributed by atoms with Gasteiger partial charge >= 0.3 is 5.97 Å². The molecule has 1 aromatic rings. The van der Waals surface area contributed by atoms with Gasteiger partial charge in [-0.1, -0.05) is 0 Å². The summed E-state index contributed by atoms with van der Waals surface area (Å²) in [6, 6.07) is 2.21. The fraction of sp³-hybridized carbons (Fsp3) is 0.538. The number of nitrogens with one attached hydrogen (secondary N) is 1. The number of carbonyl (C=O) groups is 1. The van der Waals surface area contributed by atoms with E-state index in [0.717, 1.165) is 30.0 Å². The van der Waals surface area contributed by atoms with Gasteiger partial charge in [-0.3, -0.25) is 4.98 Å². The summed E-state index contributed by atoms with van der Waals surface area (Å²) in [5, 5.41) is 12.7. The second-order valence-corrected chi connectivity index (χ2v) is 5.83. The quantitative estimate of drug-likeness (QED) is 0.880. The molecule has 0 radical (unpaired) electrons. The lowest BCUT2D eigenvalue weighted by Gasteiger charge is -2.25. The van der Waals surface area contributed by atoms with Crippen molar-refractivity contribution in [2.24, 2.45) is 0 Å². The predicted octanol–water partition coefficient (Wildman–Crippen LogP) is 2.70. The highest BCUT2D eigenvalue weighted by Gasteiger charge is 2.19. The smallest absolute Gasteiger partial charge is 0.339 e. The predicted molar refractivity (Wildman–Crippen MR) is 74.6 cm³/mol. The molecular formula is C13H18N2O2S. The summed E-state index contributed by atoms with van der Waals surface area (Å²) in [6.07, 6.45) is 2.17. The molecule has 98 valence electrons. The average Bonchev–Trinajstić information content (AvgIpc) is 2.28. The van der Waals surface area contributed by atoms with Crippen molar-refractivity contribution in [2.45, 2.75) is 32.7 Å². The number of rotatable bonds is 3. The van der Waals surface area contributed by atoms with Gasteiger partial charge in [-0.05, 0) is 44.3 Å². The first-order valence-corrected chi connectivity index (χ1v) is 7.29. The van der Waals surface area contributed by atoms with Crippen LogP contribution in [-0.4, -0.2) is 33.6 Å². The van der Waals surface area contributed by atoms with E-state index in [2.05, 4.69) is 10.3 Å². The third-order valence-corrected chi connectivity index (χ3v) is 4.17. The van der Waals surface area contributed by atoms with E-state index in [4.69, 9.17) is 0 Å². The Hall–Kier alpha value is -1.23. The molecule has 0 bridgehead atoms. The number of aromatic carboxylic acids is 1. The highest BCUT2D eigenvalue weighted by molar-refractivity contribution is 7.99. The molecule has 18 heavy (non-hydrogen) atoms. The maximum atomic E-state index is 11.3. The minimum atomic E-state index is -0.910. The van der Waals surface area contributed by atoms with Crippen molar-refractivity contribution in [3.05, 3.63) is 23.0 Å². The first-order valence-electron chi connectivity index (χ1n) is 6.13. The van der Waals surface area contributed by atoms with Crippen LogP contribution in [0.25, 0.3) is 0 Å². The Bertz CT molecular complexity index is 457. The van der Waals surface area contributed by atoms with Crippen molar-refractivity contribution in [3.8, 4) is 0 Å². The number of anilines is 1. The summed E-state index contributed by atoms with van der Waals surface area (Å²) in [5.74, 6) is 1.37. The average molecular weight is 266 g/mol. The molecule has 0 atom stereocenters. The number of carboxylic acid groups (broad SMARTS) is 1. The Kier molecular flexibility index (Phi) is 4.11. The van der Waals surface area contributed by atoms with Gasteiger partial charge < -0.3 is 10.4 Å².